The first-order chi connectivity index (χ1) is 7.70. The molecule has 0 fully saturated rings. The van der Waals surface area contributed by atoms with Crippen LogP contribution < -0.4 is 0 Å². The fraction of sp³-hybridized carbons (Fsp3) is 0.833. The summed E-state index contributed by atoms with van der Waals surface area (Å²) in [6.07, 6.45) is 5.10. The van der Waals surface area contributed by atoms with Gasteiger partial charge in [-0.25, -0.2) is 0 Å². The van der Waals surface area contributed by atoms with Crippen molar-refractivity contribution >= 4 is 11.9 Å². The van der Waals surface area contributed by atoms with Crippen molar-refractivity contribution in [1.82, 2.24) is 0 Å². The molecule has 4 nitrogen and oxygen atoms in total. The topological polar surface area (TPSA) is 59.4 Å². The average Bonchev–Trinajstić information content (AvgIpc) is 2.24. The summed E-state index contributed by atoms with van der Waals surface area (Å²) in [5.41, 5.74) is 0. The van der Waals surface area contributed by atoms with Gasteiger partial charge in [0, 0.05) is 12.8 Å². The fourth-order valence-corrected chi connectivity index (χ4v) is 1.39. The summed E-state index contributed by atoms with van der Waals surface area (Å²) in [7, 11) is 0. The maximum atomic E-state index is 11.0. The zero-order valence-electron chi connectivity index (χ0n) is 10.4. The van der Waals surface area contributed by atoms with E-state index in [1.165, 1.54) is 0 Å². The van der Waals surface area contributed by atoms with Gasteiger partial charge in [-0.3, -0.25) is 10.2 Å². The second-order valence-corrected chi connectivity index (χ2v) is 3.58. The lowest BCUT2D eigenvalue weighted by Crippen LogP contribution is -2.04. The van der Waals surface area contributed by atoms with Gasteiger partial charge in [-0.05, 0) is 26.7 Å². The third-order valence-electron chi connectivity index (χ3n) is 2.16. The molecule has 0 radical (unpaired) electrons. The second-order valence-electron chi connectivity index (χ2n) is 3.58. The van der Waals surface area contributed by atoms with E-state index in [9.17, 15) is 4.79 Å². The van der Waals surface area contributed by atoms with Gasteiger partial charge in [0.05, 0.1) is 13.2 Å². The van der Waals surface area contributed by atoms with Gasteiger partial charge >= 0.3 is 5.97 Å². The van der Waals surface area contributed by atoms with E-state index in [0.29, 0.717) is 32.0 Å². The molecule has 0 aliphatic heterocycles. The highest BCUT2D eigenvalue weighted by molar-refractivity contribution is 5.72. The first-order valence-corrected chi connectivity index (χ1v) is 6.06. The Morgan fingerprint density at radius 3 is 2.06 bits per heavy atom. The van der Waals surface area contributed by atoms with Crippen molar-refractivity contribution < 1.29 is 14.3 Å². The number of carbonyl (C=O) groups excluding carboxylic acids is 1. The van der Waals surface area contributed by atoms with Crippen LogP contribution in [0, 0.1) is 5.41 Å². The predicted molar refractivity (Wildman–Crippen MR) is 63.7 cm³/mol. The van der Waals surface area contributed by atoms with Crippen LogP contribution in [0.3, 0.4) is 0 Å². The van der Waals surface area contributed by atoms with Gasteiger partial charge in [0.15, 0.2) is 5.90 Å². The van der Waals surface area contributed by atoms with E-state index in [0.717, 1.165) is 25.7 Å². The zero-order chi connectivity index (χ0) is 12.2. The average molecular weight is 229 g/mol. The van der Waals surface area contributed by atoms with E-state index in [1.807, 2.05) is 13.8 Å². The van der Waals surface area contributed by atoms with E-state index in [1.54, 1.807) is 0 Å². The highest BCUT2D eigenvalue weighted by Crippen LogP contribution is 2.07. The highest BCUT2D eigenvalue weighted by atomic mass is 16.5. The lowest BCUT2D eigenvalue weighted by Gasteiger charge is -2.04. The number of hydrogen-bond donors (Lipinski definition) is 1. The summed E-state index contributed by atoms with van der Waals surface area (Å²) in [6, 6.07) is 0. The third kappa shape index (κ3) is 9.49. The molecule has 4 heteroatoms. The maximum Gasteiger partial charge on any atom is 0.305 e. The second kappa shape index (κ2) is 10.5. The van der Waals surface area contributed by atoms with Crippen LogP contribution in [-0.4, -0.2) is 25.1 Å². The fourth-order valence-electron chi connectivity index (χ4n) is 1.39. The minimum atomic E-state index is -0.107. The molecule has 0 aliphatic rings. The quantitative estimate of drug-likeness (QED) is 0.286. The summed E-state index contributed by atoms with van der Waals surface area (Å²) in [6.45, 7) is 4.73. The Balaban J connectivity index is 3.21. The molecular formula is C12H23NO3. The Bertz CT molecular complexity index is 182. The van der Waals surface area contributed by atoms with Crippen molar-refractivity contribution in [2.75, 3.05) is 13.2 Å². The Labute approximate surface area is 97.8 Å². The largest absolute Gasteiger partial charge is 0.481 e. The monoisotopic (exact) mass is 229 g/mol. The van der Waals surface area contributed by atoms with Crippen LogP contribution in [0.15, 0.2) is 0 Å². The van der Waals surface area contributed by atoms with Crippen molar-refractivity contribution in [1.29, 1.82) is 5.41 Å². The minimum Gasteiger partial charge on any atom is -0.481 e. The number of esters is 1. The zero-order valence-corrected chi connectivity index (χ0v) is 10.4. The summed E-state index contributed by atoms with van der Waals surface area (Å²) in [5, 5.41) is 7.40. The first kappa shape index (κ1) is 14.9. The molecule has 0 rings (SSSR count). The van der Waals surface area contributed by atoms with Crippen LogP contribution in [0.4, 0.5) is 0 Å². The number of rotatable bonds is 9. The molecule has 0 aromatic heterocycles. The number of unbranched alkanes of at least 4 members (excludes halogenated alkanes) is 3. The van der Waals surface area contributed by atoms with Crippen molar-refractivity contribution in [2.24, 2.45) is 0 Å². The van der Waals surface area contributed by atoms with Gasteiger partial charge in [0.2, 0.25) is 0 Å². The van der Waals surface area contributed by atoms with E-state index in [-0.39, 0.29) is 5.97 Å². The number of nitrogens with one attached hydrogen (secondary N) is 1. The molecule has 0 unspecified atom stereocenters. The minimum absolute atomic E-state index is 0.107. The normalized spacial score (nSPS) is 9.88. The molecule has 94 valence electrons. The lowest BCUT2D eigenvalue weighted by atomic mass is 10.1. The van der Waals surface area contributed by atoms with Crippen molar-refractivity contribution in [3.63, 3.8) is 0 Å². The van der Waals surface area contributed by atoms with Crippen molar-refractivity contribution in [2.45, 2.75) is 52.4 Å². The molecule has 1 N–H and O–H groups in total. The smallest absolute Gasteiger partial charge is 0.305 e. The Hall–Kier alpha value is -1.06. The highest BCUT2D eigenvalue weighted by Gasteiger charge is 2.01. The molecule has 0 aromatic carbocycles. The predicted octanol–water partition coefficient (Wildman–Crippen LogP) is 2.90. The Kier molecular flexibility index (Phi) is 9.76. The van der Waals surface area contributed by atoms with Crippen LogP contribution in [0.1, 0.15) is 52.4 Å². The Morgan fingerprint density at radius 1 is 0.938 bits per heavy atom. The molecule has 0 bridgehead atoms. The first-order valence-electron chi connectivity index (χ1n) is 6.06. The van der Waals surface area contributed by atoms with Gasteiger partial charge < -0.3 is 9.47 Å². The van der Waals surface area contributed by atoms with Crippen LogP contribution in [0.2, 0.25) is 0 Å². The third-order valence-corrected chi connectivity index (χ3v) is 2.16. The summed E-state index contributed by atoms with van der Waals surface area (Å²) in [4.78, 5) is 11.0. The van der Waals surface area contributed by atoms with E-state index < -0.39 is 0 Å². The summed E-state index contributed by atoms with van der Waals surface area (Å²) < 4.78 is 9.85. The summed E-state index contributed by atoms with van der Waals surface area (Å²) >= 11 is 0. The van der Waals surface area contributed by atoms with Gasteiger partial charge in [-0.15, -0.1) is 0 Å². The van der Waals surface area contributed by atoms with E-state index in [2.05, 4.69) is 0 Å². The van der Waals surface area contributed by atoms with Gasteiger partial charge in [-0.2, -0.15) is 0 Å². The molecule has 0 aromatic rings. The maximum absolute atomic E-state index is 11.0. The van der Waals surface area contributed by atoms with Crippen LogP contribution in [0.25, 0.3) is 0 Å². The SMILES string of the molecule is CCOC(=N)CCCCCCC(=O)OCC. The summed E-state index contributed by atoms with van der Waals surface area (Å²) in [5.74, 6) is 0.262. The molecule has 0 heterocycles. The van der Waals surface area contributed by atoms with E-state index in [4.69, 9.17) is 14.9 Å². The molecule has 0 aliphatic carbocycles. The number of ether oxygens (including phenoxy) is 2. The number of carbonyl (C=O) groups is 1. The Morgan fingerprint density at radius 2 is 1.50 bits per heavy atom. The van der Waals surface area contributed by atoms with Crippen LogP contribution in [0.5, 0.6) is 0 Å². The molecule has 0 saturated heterocycles. The lowest BCUT2D eigenvalue weighted by molar-refractivity contribution is -0.143. The number of hydrogen-bond acceptors (Lipinski definition) is 4. The molecule has 0 spiro atoms. The molecule has 0 amide bonds. The van der Waals surface area contributed by atoms with Gasteiger partial charge in [0.1, 0.15) is 0 Å². The van der Waals surface area contributed by atoms with Gasteiger partial charge in [-0.1, -0.05) is 12.8 Å². The van der Waals surface area contributed by atoms with Crippen LogP contribution >= 0.6 is 0 Å². The molecule has 0 atom stereocenters. The molecule has 0 saturated carbocycles. The van der Waals surface area contributed by atoms with Gasteiger partial charge in [0.25, 0.3) is 0 Å². The van der Waals surface area contributed by atoms with Crippen LogP contribution in [-0.2, 0) is 14.3 Å². The molecular weight excluding hydrogens is 206 g/mol. The van der Waals surface area contributed by atoms with E-state index >= 15 is 0 Å². The van der Waals surface area contributed by atoms with Crippen molar-refractivity contribution in [3.05, 3.63) is 0 Å². The molecule has 16 heavy (non-hydrogen) atoms. The van der Waals surface area contributed by atoms with Crippen molar-refractivity contribution in [3.8, 4) is 0 Å². The standard InChI is InChI=1S/C12H23NO3/c1-3-15-11(13)9-7-5-6-8-10-12(14)16-4-2/h13H,3-10H2,1-2H3.